The predicted octanol–water partition coefficient (Wildman–Crippen LogP) is 3.55. The number of carbonyl (C=O) groups is 1. The van der Waals surface area contributed by atoms with Crippen molar-refractivity contribution in [1.82, 2.24) is 4.90 Å². The minimum atomic E-state index is -0.0596. The normalized spacial score (nSPS) is 10.7. The Morgan fingerprint density at radius 2 is 1.61 bits per heavy atom. The molecule has 2 aromatic rings. The molecule has 1 amide bonds. The van der Waals surface area contributed by atoms with E-state index in [9.17, 15) is 15.0 Å². The summed E-state index contributed by atoms with van der Waals surface area (Å²) in [6.07, 6.45) is 0.195. The maximum Gasteiger partial charge on any atom is 0.227 e. The molecule has 0 aliphatic carbocycles. The lowest BCUT2D eigenvalue weighted by Gasteiger charge is -2.23. The van der Waals surface area contributed by atoms with Crippen LogP contribution in [0.3, 0.4) is 0 Å². The van der Waals surface area contributed by atoms with Crippen molar-refractivity contribution < 1.29 is 24.5 Å². The van der Waals surface area contributed by atoms with Gasteiger partial charge in [-0.15, -0.1) is 0 Å². The molecular formula is C22H29NO5. The molecule has 6 heteroatoms. The molecule has 0 saturated carbocycles. The first-order valence-electron chi connectivity index (χ1n) is 9.08. The number of aryl methyl sites for hydroxylation is 1. The third-order valence-electron chi connectivity index (χ3n) is 5.30. The van der Waals surface area contributed by atoms with Crippen LogP contribution in [-0.2, 0) is 17.8 Å². The second kappa shape index (κ2) is 8.42. The van der Waals surface area contributed by atoms with E-state index in [2.05, 4.69) is 0 Å². The number of rotatable bonds is 6. The van der Waals surface area contributed by atoms with Crippen molar-refractivity contribution in [3.63, 3.8) is 0 Å². The maximum absolute atomic E-state index is 12.8. The number of aromatic hydroxyl groups is 2. The topological polar surface area (TPSA) is 79.2 Å². The summed E-state index contributed by atoms with van der Waals surface area (Å²) in [6.45, 7) is 7.83. The van der Waals surface area contributed by atoms with E-state index in [4.69, 9.17) is 9.47 Å². The van der Waals surface area contributed by atoms with Crippen molar-refractivity contribution in [1.29, 1.82) is 0 Å². The summed E-state index contributed by atoms with van der Waals surface area (Å²) in [5.74, 6) is 0.969. The van der Waals surface area contributed by atoms with Crippen molar-refractivity contribution in [2.45, 2.75) is 40.7 Å². The highest BCUT2D eigenvalue weighted by Crippen LogP contribution is 2.38. The third kappa shape index (κ3) is 4.01. The second-order valence-corrected chi connectivity index (χ2v) is 7.13. The molecule has 0 bridgehead atoms. The van der Waals surface area contributed by atoms with E-state index in [0.717, 1.165) is 27.8 Å². The minimum absolute atomic E-state index is 0.0596. The number of hydrogen-bond acceptors (Lipinski definition) is 5. The van der Waals surface area contributed by atoms with Crippen LogP contribution >= 0.6 is 0 Å². The quantitative estimate of drug-likeness (QED) is 0.792. The van der Waals surface area contributed by atoms with Crippen LogP contribution in [0.4, 0.5) is 0 Å². The van der Waals surface area contributed by atoms with Crippen molar-refractivity contribution in [2.24, 2.45) is 0 Å². The van der Waals surface area contributed by atoms with Crippen LogP contribution in [0.15, 0.2) is 12.1 Å². The average Bonchev–Trinajstić information content (AvgIpc) is 2.66. The smallest absolute Gasteiger partial charge is 0.227 e. The SMILES string of the molecule is COc1cc(CC(=O)N(C)Cc2c(C)c(C)c(O)c(OC)c2C)cc(C)c1O. The maximum atomic E-state index is 12.8. The Kier molecular flexibility index (Phi) is 6.44. The van der Waals surface area contributed by atoms with Gasteiger partial charge in [0.05, 0.1) is 20.6 Å². The van der Waals surface area contributed by atoms with E-state index in [1.165, 1.54) is 14.2 Å². The Morgan fingerprint density at radius 1 is 0.964 bits per heavy atom. The van der Waals surface area contributed by atoms with E-state index in [1.54, 1.807) is 31.0 Å². The van der Waals surface area contributed by atoms with E-state index in [-0.39, 0.29) is 23.8 Å². The summed E-state index contributed by atoms with van der Waals surface area (Å²) < 4.78 is 10.5. The zero-order chi connectivity index (χ0) is 21.2. The van der Waals surface area contributed by atoms with Gasteiger partial charge in [0.2, 0.25) is 5.91 Å². The van der Waals surface area contributed by atoms with Gasteiger partial charge in [-0.1, -0.05) is 6.07 Å². The van der Waals surface area contributed by atoms with Crippen LogP contribution in [-0.4, -0.2) is 42.3 Å². The van der Waals surface area contributed by atoms with E-state index >= 15 is 0 Å². The van der Waals surface area contributed by atoms with Gasteiger partial charge in [0.25, 0.3) is 0 Å². The van der Waals surface area contributed by atoms with Gasteiger partial charge in [-0.25, -0.2) is 0 Å². The van der Waals surface area contributed by atoms with Crippen LogP contribution in [0.2, 0.25) is 0 Å². The average molecular weight is 387 g/mol. The summed E-state index contributed by atoms with van der Waals surface area (Å²) in [6, 6.07) is 3.46. The highest BCUT2D eigenvalue weighted by Gasteiger charge is 2.20. The number of phenolic OH excluding ortho intramolecular Hbond substituents is 2. The molecule has 0 fully saturated rings. The van der Waals surface area contributed by atoms with Gasteiger partial charge >= 0.3 is 0 Å². The Labute approximate surface area is 166 Å². The summed E-state index contributed by atoms with van der Waals surface area (Å²) in [4.78, 5) is 14.4. The Hall–Kier alpha value is -2.89. The Balaban J connectivity index is 2.27. The van der Waals surface area contributed by atoms with Crippen LogP contribution in [0.5, 0.6) is 23.0 Å². The number of phenols is 2. The van der Waals surface area contributed by atoms with Gasteiger partial charge in [-0.2, -0.15) is 0 Å². The molecule has 6 nitrogen and oxygen atoms in total. The van der Waals surface area contributed by atoms with Gasteiger partial charge in [0, 0.05) is 19.2 Å². The molecule has 0 heterocycles. The van der Waals surface area contributed by atoms with Gasteiger partial charge < -0.3 is 24.6 Å². The highest BCUT2D eigenvalue weighted by atomic mass is 16.5. The summed E-state index contributed by atoms with van der Waals surface area (Å²) >= 11 is 0. The van der Waals surface area contributed by atoms with Crippen LogP contribution < -0.4 is 9.47 Å². The number of likely N-dealkylation sites (N-methyl/N-ethyl adjacent to an activating group) is 1. The first-order valence-corrected chi connectivity index (χ1v) is 9.08. The zero-order valence-corrected chi connectivity index (χ0v) is 17.6. The van der Waals surface area contributed by atoms with Crippen molar-refractivity contribution in [3.8, 4) is 23.0 Å². The van der Waals surface area contributed by atoms with E-state index in [1.807, 2.05) is 20.8 Å². The summed E-state index contributed by atoms with van der Waals surface area (Å²) in [7, 11) is 4.76. The molecule has 28 heavy (non-hydrogen) atoms. The molecule has 0 unspecified atom stereocenters. The van der Waals surface area contributed by atoms with Crippen LogP contribution in [0.25, 0.3) is 0 Å². The minimum Gasteiger partial charge on any atom is -0.504 e. The van der Waals surface area contributed by atoms with Gasteiger partial charge in [0.15, 0.2) is 23.0 Å². The lowest BCUT2D eigenvalue weighted by molar-refractivity contribution is -0.129. The molecule has 0 spiro atoms. The van der Waals surface area contributed by atoms with Crippen molar-refractivity contribution >= 4 is 5.91 Å². The lowest BCUT2D eigenvalue weighted by atomic mass is 9.95. The molecule has 0 saturated heterocycles. The monoisotopic (exact) mass is 387 g/mol. The molecule has 0 aliphatic rings. The van der Waals surface area contributed by atoms with Crippen LogP contribution in [0.1, 0.15) is 33.4 Å². The molecule has 152 valence electrons. The fourth-order valence-corrected chi connectivity index (χ4v) is 3.37. The molecule has 2 aromatic carbocycles. The number of benzene rings is 2. The van der Waals surface area contributed by atoms with Crippen molar-refractivity contribution in [3.05, 3.63) is 45.5 Å². The number of amides is 1. The molecule has 0 aromatic heterocycles. The molecule has 0 aliphatic heterocycles. The van der Waals surface area contributed by atoms with Gasteiger partial charge in [0.1, 0.15) is 0 Å². The van der Waals surface area contributed by atoms with E-state index in [0.29, 0.717) is 23.6 Å². The number of hydrogen-bond donors (Lipinski definition) is 2. The van der Waals surface area contributed by atoms with E-state index < -0.39 is 0 Å². The largest absolute Gasteiger partial charge is 0.504 e. The molecule has 0 radical (unpaired) electrons. The molecule has 0 atom stereocenters. The first-order chi connectivity index (χ1) is 13.1. The number of methoxy groups -OCH3 is 2. The molecule has 2 N–H and O–H groups in total. The van der Waals surface area contributed by atoms with Crippen molar-refractivity contribution in [2.75, 3.05) is 21.3 Å². The summed E-state index contributed by atoms with van der Waals surface area (Å²) in [5, 5.41) is 20.2. The Morgan fingerprint density at radius 3 is 2.18 bits per heavy atom. The standard InChI is InChI=1S/C22H29NO5/c1-12-8-16(9-18(27-6)20(12)25)10-19(24)23(5)11-17-13(2)14(3)21(26)22(28-7)15(17)4/h8-9,25-26H,10-11H2,1-7H3. The fraction of sp³-hybridized carbons (Fsp3) is 0.409. The summed E-state index contributed by atoms with van der Waals surface area (Å²) in [5.41, 5.74) is 4.91. The second-order valence-electron chi connectivity index (χ2n) is 7.13. The van der Waals surface area contributed by atoms with Crippen LogP contribution in [0, 0.1) is 27.7 Å². The highest BCUT2D eigenvalue weighted by molar-refractivity contribution is 5.79. The number of nitrogens with zero attached hydrogens (tertiary/aromatic N) is 1. The predicted molar refractivity (Wildman–Crippen MR) is 108 cm³/mol. The molecule has 2 rings (SSSR count). The third-order valence-corrected chi connectivity index (χ3v) is 5.30. The van der Waals surface area contributed by atoms with Gasteiger partial charge in [-0.05, 0) is 61.6 Å². The number of ether oxygens (including phenoxy) is 2. The fourth-order valence-electron chi connectivity index (χ4n) is 3.37. The number of carbonyl (C=O) groups excluding carboxylic acids is 1. The zero-order valence-electron chi connectivity index (χ0n) is 17.6. The molecular weight excluding hydrogens is 358 g/mol. The van der Waals surface area contributed by atoms with Gasteiger partial charge in [-0.3, -0.25) is 4.79 Å². The lowest BCUT2D eigenvalue weighted by Crippen LogP contribution is -2.28. The Bertz CT molecular complexity index is 905. The first kappa shape index (κ1) is 21.4.